The molecule has 6 nitrogen and oxygen atoms in total. The Kier molecular flexibility index (Phi) is 5.71. The van der Waals surface area contributed by atoms with E-state index < -0.39 is 6.10 Å². The summed E-state index contributed by atoms with van der Waals surface area (Å²) in [6.07, 6.45) is 1.34. The van der Waals surface area contributed by atoms with Gasteiger partial charge in [-0.1, -0.05) is 30.8 Å². The van der Waals surface area contributed by atoms with E-state index in [1.165, 1.54) is 5.56 Å². The van der Waals surface area contributed by atoms with Crippen LogP contribution < -0.4 is 0 Å². The number of nitrogens with zero attached hydrogens (tertiary/aromatic N) is 2. The summed E-state index contributed by atoms with van der Waals surface area (Å²) in [6.45, 7) is 13.2. The van der Waals surface area contributed by atoms with Crippen molar-refractivity contribution in [3.05, 3.63) is 75.9 Å². The number of hydrogen-bond acceptors (Lipinski definition) is 6. The summed E-state index contributed by atoms with van der Waals surface area (Å²) >= 11 is 0. The van der Waals surface area contributed by atoms with Gasteiger partial charge in [0.1, 0.15) is 18.5 Å². The Hall–Kier alpha value is -2.67. The lowest BCUT2D eigenvalue weighted by molar-refractivity contribution is 0.0301. The summed E-state index contributed by atoms with van der Waals surface area (Å²) in [5.74, 6) is 1.01. The summed E-state index contributed by atoms with van der Waals surface area (Å²) in [6, 6.07) is 10.9. The highest BCUT2D eigenvalue weighted by atomic mass is 16.5. The van der Waals surface area contributed by atoms with Crippen LogP contribution in [0.25, 0.3) is 5.76 Å². The van der Waals surface area contributed by atoms with Crippen molar-refractivity contribution < 1.29 is 19.4 Å². The fourth-order valence-corrected chi connectivity index (χ4v) is 6.51. The smallest absolute Gasteiger partial charge is 0.338 e. The van der Waals surface area contributed by atoms with Crippen LogP contribution in [0.4, 0.5) is 0 Å². The van der Waals surface area contributed by atoms with Gasteiger partial charge in [-0.05, 0) is 54.5 Å². The number of ether oxygens (including phenoxy) is 2. The lowest BCUT2D eigenvalue weighted by Gasteiger charge is -2.38. The predicted octanol–water partition coefficient (Wildman–Crippen LogP) is 3.80. The molecule has 1 N–H and O–H groups in total. The Morgan fingerprint density at radius 3 is 2.86 bits per heavy atom. The molecule has 0 aliphatic carbocycles. The summed E-state index contributed by atoms with van der Waals surface area (Å²) in [5.41, 5.74) is 7.53. The molecule has 2 saturated heterocycles. The van der Waals surface area contributed by atoms with E-state index in [9.17, 15) is 9.90 Å². The van der Waals surface area contributed by atoms with Crippen LogP contribution in [-0.4, -0.2) is 65.7 Å². The maximum Gasteiger partial charge on any atom is 0.338 e. The number of benzene rings is 2. The van der Waals surface area contributed by atoms with E-state index >= 15 is 0 Å². The minimum atomic E-state index is -0.514. The van der Waals surface area contributed by atoms with Gasteiger partial charge in [0.25, 0.3) is 0 Å². The van der Waals surface area contributed by atoms with Crippen LogP contribution in [0.3, 0.4) is 0 Å². The monoisotopic (exact) mass is 474 g/mol. The fraction of sp³-hybridized carbons (Fsp3) is 0.483. The normalized spacial score (nSPS) is 27.1. The maximum atomic E-state index is 12.2. The molecule has 0 bridgehead atoms. The molecule has 4 aliphatic heterocycles. The second-order valence-electron chi connectivity index (χ2n) is 10.7. The van der Waals surface area contributed by atoms with Gasteiger partial charge in [0.15, 0.2) is 0 Å². The Labute approximate surface area is 207 Å². The van der Waals surface area contributed by atoms with Gasteiger partial charge < -0.3 is 14.6 Å². The molecule has 1 unspecified atom stereocenters. The van der Waals surface area contributed by atoms with Crippen LogP contribution in [0, 0.1) is 6.92 Å². The molecule has 4 atom stereocenters. The molecule has 0 spiro atoms. The predicted molar refractivity (Wildman–Crippen MR) is 134 cm³/mol. The number of carbonyl (C=O) groups is 1. The molecular weight excluding hydrogens is 440 g/mol. The molecule has 2 aromatic carbocycles. The minimum Gasteiger partial charge on any atom is -0.489 e. The molecule has 35 heavy (non-hydrogen) atoms. The van der Waals surface area contributed by atoms with Gasteiger partial charge in [-0.25, -0.2) is 4.79 Å². The standard InChI is InChI=1S/C29H34N2O4/c1-17-10-21-11-20(4-5-26(21)29(33)35-17)22-12-23-14-30(8-9-31(23)13-22)15-28(32)24-6-7-25-19(3)34-16-27(25)18(24)2/h4-7,11,17,22-23,28,32H,3,8-10,12-16H2,1-2H3/t17-,22?,23+,28+/m1/s1. The number of piperazine rings is 1. The molecule has 6 rings (SSSR count). The first kappa shape index (κ1) is 22.8. The zero-order chi connectivity index (χ0) is 24.3. The number of β-amino-alcohol motifs (C(OH)–C–C–N with tert-alkyl or cyclic N) is 1. The first-order valence-electron chi connectivity index (χ1n) is 12.8. The average Bonchev–Trinajstić information content (AvgIpc) is 3.42. The van der Waals surface area contributed by atoms with E-state index in [0.29, 0.717) is 25.1 Å². The number of cyclic esters (lactones) is 1. The van der Waals surface area contributed by atoms with Crippen LogP contribution in [0.5, 0.6) is 0 Å². The van der Waals surface area contributed by atoms with Crippen molar-refractivity contribution in [2.75, 3.05) is 32.7 Å². The number of aliphatic hydroxyl groups is 1. The SMILES string of the molecule is C=C1OCc2c1ccc([C@@H](O)CN1CCN3CC(c4ccc5c(c4)C[C@@H](C)OC5=O)C[C@H]3C1)c2C. The largest absolute Gasteiger partial charge is 0.489 e. The van der Waals surface area contributed by atoms with Gasteiger partial charge in [0.05, 0.1) is 11.7 Å². The second-order valence-corrected chi connectivity index (χ2v) is 10.7. The van der Waals surface area contributed by atoms with Crippen LogP contribution in [-0.2, 0) is 22.5 Å². The third-order valence-electron chi connectivity index (χ3n) is 8.46. The van der Waals surface area contributed by atoms with Crippen LogP contribution in [0.1, 0.15) is 69.1 Å². The highest BCUT2D eigenvalue weighted by Gasteiger charge is 2.38. The zero-order valence-corrected chi connectivity index (χ0v) is 20.6. The minimum absolute atomic E-state index is 0.0548. The summed E-state index contributed by atoms with van der Waals surface area (Å²) in [4.78, 5) is 17.2. The van der Waals surface area contributed by atoms with Crippen molar-refractivity contribution in [1.29, 1.82) is 0 Å². The highest BCUT2D eigenvalue weighted by molar-refractivity contribution is 5.92. The number of fused-ring (bicyclic) bond motifs is 3. The molecule has 4 aliphatic rings. The Bertz CT molecular complexity index is 1190. The molecule has 184 valence electrons. The van der Waals surface area contributed by atoms with Crippen LogP contribution >= 0.6 is 0 Å². The summed E-state index contributed by atoms with van der Waals surface area (Å²) in [5, 5.41) is 11.1. The molecule has 4 heterocycles. The number of esters is 1. The molecule has 0 amide bonds. The first-order chi connectivity index (χ1) is 16.9. The van der Waals surface area contributed by atoms with Gasteiger partial charge >= 0.3 is 5.97 Å². The molecule has 0 aromatic heterocycles. The molecule has 0 saturated carbocycles. The lowest BCUT2D eigenvalue weighted by atomic mass is 9.90. The number of aliphatic hydroxyl groups excluding tert-OH is 1. The maximum absolute atomic E-state index is 12.2. The quantitative estimate of drug-likeness (QED) is 0.680. The number of carbonyl (C=O) groups excluding carboxylic acids is 1. The van der Waals surface area contributed by atoms with Crippen LogP contribution in [0.15, 0.2) is 36.9 Å². The second kappa shape index (κ2) is 8.77. The van der Waals surface area contributed by atoms with E-state index in [1.807, 2.05) is 25.1 Å². The van der Waals surface area contributed by atoms with Crippen molar-refractivity contribution in [2.45, 2.75) is 57.5 Å². The van der Waals surface area contributed by atoms with Gasteiger partial charge in [-0.15, -0.1) is 0 Å². The van der Waals surface area contributed by atoms with Crippen molar-refractivity contribution in [2.24, 2.45) is 0 Å². The average molecular weight is 475 g/mol. The molecule has 0 radical (unpaired) electrons. The van der Waals surface area contributed by atoms with E-state index in [0.717, 1.165) is 78.2 Å². The van der Waals surface area contributed by atoms with E-state index in [-0.39, 0.29) is 12.1 Å². The van der Waals surface area contributed by atoms with Crippen molar-refractivity contribution in [3.8, 4) is 0 Å². The Morgan fingerprint density at radius 1 is 1.17 bits per heavy atom. The molecule has 2 fully saturated rings. The first-order valence-corrected chi connectivity index (χ1v) is 12.8. The lowest BCUT2D eigenvalue weighted by Crippen LogP contribution is -2.51. The van der Waals surface area contributed by atoms with Gasteiger partial charge in [0.2, 0.25) is 0 Å². The molecular formula is C29H34N2O4. The highest BCUT2D eigenvalue weighted by Crippen LogP contribution is 2.37. The Balaban J connectivity index is 1.11. The molecule has 6 heteroatoms. The number of rotatable bonds is 4. The van der Waals surface area contributed by atoms with Gasteiger partial charge in [-0.3, -0.25) is 9.80 Å². The topological polar surface area (TPSA) is 62.2 Å². The third kappa shape index (κ3) is 4.07. The Morgan fingerprint density at radius 2 is 2.00 bits per heavy atom. The van der Waals surface area contributed by atoms with E-state index in [4.69, 9.17) is 9.47 Å². The van der Waals surface area contributed by atoms with Crippen molar-refractivity contribution >= 4 is 11.7 Å². The van der Waals surface area contributed by atoms with Gasteiger partial charge in [-0.2, -0.15) is 0 Å². The summed E-state index contributed by atoms with van der Waals surface area (Å²) < 4.78 is 11.0. The zero-order valence-electron chi connectivity index (χ0n) is 20.6. The van der Waals surface area contributed by atoms with Gasteiger partial charge in [0, 0.05) is 56.3 Å². The van der Waals surface area contributed by atoms with E-state index in [2.05, 4.69) is 35.4 Å². The molecule has 2 aromatic rings. The fourth-order valence-electron chi connectivity index (χ4n) is 6.51. The van der Waals surface area contributed by atoms with E-state index in [1.54, 1.807) is 0 Å². The number of hydrogen-bond donors (Lipinski definition) is 1. The summed E-state index contributed by atoms with van der Waals surface area (Å²) in [7, 11) is 0. The third-order valence-corrected chi connectivity index (χ3v) is 8.46. The van der Waals surface area contributed by atoms with Crippen LogP contribution in [0.2, 0.25) is 0 Å². The van der Waals surface area contributed by atoms with Crippen molar-refractivity contribution in [3.63, 3.8) is 0 Å². The van der Waals surface area contributed by atoms with Crippen molar-refractivity contribution in [1.82, 2.24) is 9.80 Å².